The van der Waals surface area contributed by atoms with Gasteiger partial charge in [0.25, 0.3) is 0 Å². The van der Waals surface area contributed by atoms with E-state index in [0.717, 1.165) is 23.0 Å². The van der Waals surface area contributed by atoms with Crippen LogP contribution in [-0.4, -0.2) is 56.0 Å². The highest BCUT2D eigenvalue weighted by atomic mass is 32.2. The monoisotopic (exact) mass is 394 g/mol. The van der Waals surface area contributed by atoms with Crippen LogP contribution in [0.2, 0.25) is 0 Å². The zero-order valence-electron chi connectivity index (χ0n) is 11.4. The molecule has 0 fully saturated rings. The highest BCUT2D eigenvalue weighted by Gasteiger charge is 2.11. The van der Waals surface area contributed by atoms with Gasteiger partial charge in [0.1, 0.15) is 0 Å². The number of rotatable bonds is 13. The quantitative estimate of drug-likeness (QED) is 0.342. The zero-order chi connectivity index (χ0) is 14.5. The van der Waals surface area contributed by atoms with Gasteiger partial charge in [-0.3, -0.25) is 0 Å². The highest BCUT2D eigenvalue weighted by Crippen LogP contribution is 2.23. The van der Waals surface area contributed by atoms with Crippen molar-refractivity contribution in [2.45, 2.75) is 29.1 Å². The maximum atomic E-state index is 4.46. The summed E-state index contributed by atoms with van der Waals surface area (Å²) in [6.45, 7) is 2.16. The van der Waals surface area contributed by atoms with Gasteiger partial charge in [0.05, 0.1) is 0 Å². The van der Waals surface area contributed by atoms with Gasteiger partial charge in [-0.25, -0.2) is 0 Å². The van der Waals surface area contributed by atoms with E-state index in [9.17, 15) is 0 Å². The van der Waals surface area contributed by atoms with Crippen molar-refractivity contribution < 1.29 is 0 Å². The molecule has 0 spiro atoms. The SMILES string of the molecule is CC(S)CCSC(CS)CSCC(CS)SCCS. The maximum absolute atomic E-state index is 4.46. The van der Waals surface area contributed by atoms with E-state index in [-0.39, 0.29) is 0 Å². The number of hydrogen-bond donors (Lipinski definition) is 4. The number of thioether (sulfide) groups is 3. The largest absolute Gasteiger partial charge is 0.179 e. The molecule has 19 heavy (non-hydrogen) atoms. The maximum Gasteiger partial charge on any atom is 0.0226 e. The molecule has 0 aromatic carbocycles. The van der Waals surface area contributed by atoms with Gasteiger partial charge in [0, 0.05) is 39.3 Å². The van der Waals surface area contributed by atoms with Crippen LogP contribution in [0.3, 0.4) is 0 Å². The summed E-state index contributed by atoms with van der Waals surface area (Å²) in [5.74, 6) is 7.59. The summed E-state index contributed by atoms with van der Waals surface area (Å²) in [5.41, 5.74) is 0. The molecule has 0 rings (SSSR count). The van der Waals surface area contributed by atoms with Gasteiger partial charge in [0.2, 0.25) is 0 Å². The minimum absolute atomic E-state index is 0.506. The molecule has 116 valence electrons. The molecule has 0 saturated heterocycles. The summed E-state index contributed by atoms with van der Waals surface area (Å²) in [7, 11) is 0. The fourth-order valence-electron chi connectivity index (χ4n) is 1.26. The molecule has 0 nitrogen and oxygen atoms in total. The van der Waals surface area contributed by atoms with Crippen LogP contribution in [0.4, 0.5) is 0 Å². The van der Waals surface area contributed by atoms with Gasteiger partial charge in [-0.05, 0) is 23.2 Å². The molecule has 0 N–H and O–H groups in total. The Morgan fingerprint density at radius 1 is 0.895 bits per heavy atom. The Morgan fingerprint density at radius 3 is 1.84 bits per heavy atom. The Balaban J connectivity index is 3.68. The van der Waals surface area contributed by atoms with Crippen molar-refractivity contribution in [3.63, 3.8) is 0 Å². The second-order valence-corrected chi connectivity index (χ2v) is 10.2. The van der Waals surface area contributed by atoms with Crippen LogP contribution in [0.5, 0.6) is 0 Å². The Kier molecular flexibility index (Phi) is 17.3. The minimum atomic E-state index is 0.506. The highest BCUT2D eigenvalue weighted by molar-refractivity contribution is 8.05. The molecule has 0 aromatic rings. The average Bonchev–Trinajstić information content (AvgIpc) is 2.40. The first-order chi connectivity index (χ1) is 9.13. The Bertz CT molecular complexity index is 189. The van der Waals surface area contributed by atoms with Crippen LogP contribution in [0, 0.1) is 0 Å². The molecule has 0 aliphatic carbocycles. The van der Waals surface area contributed by atoms with Gasteiger partial charge < -0.3 is 0 Å². The Labute approximate surface area is 154 Å². The molecule has 3 atom stereocenters. The predicted molar refractivity (Wildman–Crippen MR) is 114 cm³/mol. The summed E-state index contributed by atoms with van der Waals surface area (Å²) in [6.07, 6.45) is 1.18. The average molecular weight is 395 g/mol. The third-order valence-electron chi connectivity index (χ3n) is 2.35. The van der Waals surface area contributed by atoms with Gasteiger partial charge >= 0.3 is 0 Å². The van der Waals surface area contributed by atoms with Crippen LogP contribution in [-0.2, 0) is 0 Å². The molecule has 7 heteroatoms. The van der Waals surface area contributed by atoms with Crippen LogP contribution < -0.4 is 0 Å². The first kappa shape index (κ1) is 21.4. The lowest BCUT2D eigenvalue weighted by atomic mass is 10.4. The van der Waals surface area contributed by atoms with E-state index >= 15 is 0 Å². The van der Waals surface area contributed by atoms with Crippen molar-refractivity contribution in [1.82, 2.24) is 0 Å². The van der Waals surface area contributed by atoms with E-state index in [1.807, 2.05) is 35.3 Å². The summed E-state index contributed by atoms with van der Waals surface area (Å²) in [4.78, 5) is 0. The second-order valence-electron chi connectivity index (χ2n) is 4.25. The lowest BCUT2D eigenvalue weighted by Gasteiger charge is -2.17. The zero-order valence-corrected chi connectivity index (χ0v) is 17.4. The lowest BCUT2D eigenvalue weighted by molar-refractivity contribution is 0.921. The summed E-state index contributed by atoms with van der Waals surface area (Å²) < 4.78 is 0. The molecular weight excluding hydrogens is 369 g/mol. The van der Waals surface area contributed by atoms with E-state index in [1.165, 1.54) is 23.7 Å². The van der Waals surface area contributed by atoms with Crippen molar-refractivity contribution >= 4 is 85.8 Å². The minimum Gasteiger partial charge on any atom is -0.179 e. The van der Waals surface area contributed by atoms with Gasteiger partial charge in [-0.15, -0.1) is 0 Å². The number of thiol groups is 4. The van der Waals surface area contributed by atoms with E-state index < -0.39 is 0 Å². The van der Waals surface area contributed by atoms with Crippen molar-refractivity contribution in [3.05, 3.63) is 0 Å². The van der Waals surface area contributed by atoms with Crippen molar-refractivity contribution in [3.8, 4) is 0 Å². The predicted octanol–water partition coefficient (Wildman–Crippen LogP) is 4.42. The van der Waals surface area contributed by atoms with Crippen LogP contribution in [0.25, 0.3) is 0 Å². The molecule has 3 unspecified atom stereocenters. The fourth-order valence-corrected chi connectivity index (χ4v) is 6.84. The molecular formula is C12H26S7. The molecule has 0 heterocycles. The smallest absolute Gasteiger partial charge is 0.0226 e. The molecule has 0 saturated carbocycles. The Morgan fingerprint density at radius 2 is 1.42 bits per heavy atom. The first-order valence-corrected chi connectivity index (χ1v) is 12.1. The van der Waals surface area contributed by atoms with Gasteiger partial charge in [0.15, 0.2) is 0 Å². The van der Waals surface area contributed by atoms with Crippen LogP contribution in [0.15, 0.2) is 0 Å². The van der Waals surface area contributed by atoms with E-state index in [0.29, 0.717) is 15.7 Å². The third-order valence-corrected chi connectivity index (χ3v) is 8.73. The standard InChI is InChI=1S/C12H26S7/c1-10(16)2-4-18-11(6-14)8-17-9-12(7-15)19-5-3-13/h10-16H,2-9H2,1H3. The van der Waals surface area contributed by atoms with Crippen LogP contribution >= 0.6 is 85.8 Å². The third kappa shape index (κ3) is 13.8. The first-order valence-electron chi connectivity index (χ1n) is 6.45. The van der Waals surface area contributed by atoms with Gasteiger partial charge in [-0.2, -0.15) is 85.8 Å². The molecule has 0 bridgehead atoms. The topological polar surface area (TPSA) is 0 Å². The normalized spacial score (nSPS) is 16.3. The van der Waals surface area contributed by atoms with E-state index in [1.54, 1.807) is 0 Å². The molecule has 0 aliphatic heterocycles. The molecule has 0 aliphatic rings. The lowest BCUT2D eigenvalue weighted by Crippen LogP contribution is -2.15. The van der Waals surface area contributed by atoms with E-state index in [2.05, 4.69) is 57.4 Å². The van der Waals surface area contributed by atoms with Crippen molar-refractivity contribution in [1.29, 1.82) is 0 Å². The number of hydrogen-bond acceptors (Lipinski definition) is 7. The van der Waals surface area contributed by atoms with Crippen molar-refractivity contribution in [2.75, 3.05) is 40.3 Å². The van der Waals surface area contributed by atoms with Crippen LogP contribution in [0.1, 0.15) is 13.3 Å². The van der Waals surface area contributed by atoms with Crippen molar-refractivity contribution in [2.24, 2.45) is 0 Å². The molecule has 0 aromatic heterocycles. The van der Waals surface area contributed by atoms with Gasteiger partial charge in [-0.1, -0.05) is 6.92 Å². The summed E-state index contributed by atoms with van der Waals surface area (Å²) in [5, 5.41) is 1.83. The summed E-state index contributed by atoms with van der Waals surface area (Å²) in [6, 6.07) is 0. The Hall–Kier alpha value is 2.45. The molecule has 0 amide bonds. The second kappa shape index (κ2) is 15.3. The fraction of sp³-hybridized carbons (Fsp3) is 1.00. The summed E-state index contributed by atoms with van der Waals surface area (Å²) >= 11 is 23.6. The van der Waals surface area contributed by atoms with E-state index in [4.69, 9.17) is 0 Å². The molecule has 0 radical (unpaired) electrons.